The fourth-order valence-electron chi connectivity index (χ4n) is 1.69. The average Bonchev–Trinajstić information content (AvgIpc) is 2.38. The molecule has 1 N–H and O–H groups in total. The fourth-order valence-corrected chi connectivity index (χ4v) is 1.69. The standard InChI is InChI=1S/C14H19NO4/c1-3-15(4-2)13(16)10-19-12-7-5-11(6-8-12)9-14(17)18/h5-8H,3-4,9-10H2,1-2H3,(H,17,18). The molecule has 19 heavy (non-hydrogen) atoms. The predicted octanol–water partition coefficient (Wildman–Crippen LogP) is 1.56. The van der Waals surface area contributed by atoms with Gasteiger partial charge in [0.1, 0.15) is 5.75 Å². The number of amides is 1. The molecule has 0 aliphatic heterocycles. The van der Waals surface area contributed by atoms with Crippen molar-refractivity contribution >= 4 is 11.9 Å². The lowest BCUT2D eigenvalue weighted by Gasteiger charge is -2.18. The predicted molar refractivity (Wildman–Crippen MR) is 71.2 cm³/mol. The van der Waals surface area contributed by atoms with Crippen LogP contribution in [-0.2, 0) is 16.0 Å². The molecular weight excluding hydrogens is 246 g/mol. The second kappa shape index (κ2) is 7.41. The van der Waals surface area contributed by atoms with E-state index in [0.717, 1.165) is 0 Å². The molecule has 1 aromatic rings. The van der Waals surface area contributed by atoms with Gasteiger partial charge in [-0.15, -0.1) is 0 Å². The van der Waals surface area contributed by atoms with Crippen molar-refractivity contribution < 1.29 is 19.4 Å². The normalized spacial score (nSPS) is 10.0. The number of likely N-dealkylation sites (N-methyl/N-ethyl adjacent to an activating group) is 1. The molecule has 1 rings (SSSR count). The lowest BCUT2D eigenvalue weighted by atomic mass is 10.1. The molecule has 0 saturated heterocycles. The molecule has 5 nitrogen and oxygen atoms in total. The van der Waals surface area contributed by atoms with Crippen molar-refractivity contribution in [2.24, 2.45) is 0 Å². The summed E-state index contributed by atoms with van der Waals surface area (Å²) in [6.07, 6.45) is -0.0152. The van der Waals surface area contributed by atoms with Crippen molar-refractivity contribution in [1.82, 2.24) is 4.90 Å². The van der Waals surface area contributed by atoms with Gasteiger partial charge in [0.15, 0.2) is 6.61 Å². The minimum absolute atomic E-state index is 0.0000424. The molecule has 1 aromatic carbocycles. The van der Waals surface area contributed by atoms with Crippen molar-refractivity contribution in [3.8, 4) is 5.75 Å². The SMILES string of the molecule is CCN(CC)C(=O)COc1ccc(CC(=O)O)cc1. The second-order valence-electron chi connectivity index (χ2n) is 4.07. The highest BCUT2D eigenvalue weighted by Gasteiger charge is 2.10. The second-order valence-corrected chi connectivity index (χ2v) is 4.07. The molecule has 104 valence electrons. The first-order chi connectivity index (χ1) is 9.06. The van der Waals surface area contributed by atoms with Crippen LogP contribution in [0.5, 0.6) is 5.75 Å². The molecule has 0 radical (unpaired) electrons. The molecule has 0 spiro atoms. The number of nitrogens with zero attached hydrogens (tertiary/aromatic N) is 1. The number of carbonyl (C=O) groups is 2. The van der Waals surface area contributed by atoms with E-state index in [-0.39, 0.29) is 18.9 Å². The summed E-state index contributed by atoms with van der Waals surface area (Å²) in [6.45, 7) is 5.16. The molecule has 1 amide bonds. The van der Waals surface area contributed by atoms with E-state index < -0.39 is 5.97 Å². The zero-order valence-corrected chi connectivity index (χ0v) is 11.3. The molecule has 5 heteroatoms. The van der Waals surface area contributed by atoms with Crippen LogP contribution < -0.4 is 4.74 Å². The Balaban J connectivity index is 2.50. The van der Waals surface area contributed by atoms with E-state index in [9.17, 15) is 9.59 Å². The highest BCUT2D eigenvalue weighted by atomic mass is 16.5. The Morgan fingerprint density at radius 2 is 1.74 bits per heavy atom. The van der Waals surface area contributed by atoms with Crippen LogP contribution >= 0.6 is 0 Å². The third kappa shape index (κ3) is 4.99. The van der Waals surface area contributed by atoms with Gasteiger partial charge < -0.3 is 14.7 Å². The minimum Gasteiger partial charge on any atom is -0.484 e. The van der Waals surface area contributed by atoms with E-state index >= 15 is 0 Å². The molecule has 0 aliphatic rings. The number of hydrogen-bond acceptors (Lipinski definition) is 3. The summed E-state index contributed by atoms with van der Waals surface area (Å²) in [5.74, 6) is -0.361. The molecule has 0 atom stereocenters. The summed E-state index contributed by atoms with van der Waals surface area (Å²) in [5, 5.41) is 8.65. The molecule has 0 heterocycles. The molecular formula is C14H19NO4. The summed E-state index contributed by atoms with van der Waals surface area (Å²) in [7, 11) is 0. The first kappa shape index (κ1) is 15.0. The first-order valence-corrected chi connectivity index (χ1v) is 6.28. The maximum absolute atomic E-state index is 11.7. The van der Waals surface area contributed by atoms with Gasteiger partial charge in [-0.3, -0.25) is 9.59 Å². The molecule has 0 unspecified atom stereocenters. The monoisotopic (exact) mass is 265 g/mol. The average molecular weight is 265 g/mol. The van der Waals surface area contributed by atoms with Crippen LogP contribution in [0.25, 0.3) is 0 Å². The highest BCUT2D eigenvalue weighted by Crippen LogP contribution is 2.12. The molecule has 0 bridgehead atoms. The van der Waals surface area contributed by atoms with Gasteiger partial charge in [-0.05, 0) is 31.5 Å². The Bertz CT molecular complexity index is 424. The molecule has 0 aromatic heterocycles. The topological polar surface area (TPSA) is 66.8 Å². The maximum Gasteiger partial charge on any atom is 0.307 e. The highest BCUT2D eigenvalue weighted by molar-refractivity contribution is 5.77. The van der Waals surface area contributed by atoms with E-state index in [1.807, 2.05) is 13.8 Å². The van der Waals surface area contributed by atoms with Crippen LogP contribution in [0.3, 0.4) is 0 Å². The summed E-state index contributed by atoms with van der Waals surface area (Å²) >= 11 is 0. The summed E-state index contributed by atoms with van der Waals surface area (Å²) in [4.78, 5) is 23.9. The van der Waals surface area contributed by atoms with Crippen molar-refractivity contribution in [1.29, 1.82) is 0 Å². The smallest absolute Gasteiger partial charge is 0.307 e. The lowest BCUT2D eigenvalue weighted by Crippen LogP contribution is -2.34. The zero-order chi connectivity index (χ0) is 14.3. The number of aliphatic carboxylic acids is 1. The summed E-state index contributed by atoms with van der Waals surface area (Å²) in [6, 6.07) is 6.72. The quantitative estimate of drug-likeness (QED) is 0.812. The van der Waals surface area contributed by atoms with Crippen LogP contribution in [0.1, 0.15) is 19.4 Å². The Kier molecular flexibility index (Phi) is 5.85. The van der Waals surface area contributed by atoms with Crippen molar-refractivity contribution in [3.05, 3.63) is 29.8 Å². The van der Waals surface area contributed by atoms with Crippen LogP contribution in [0, 0.1) is 0 Å². The fraction of sp³-hybridized carbons (Fsp3) is 0.429. The summed E-state index contributed by atoms with van der Waals surface area (Å²) < 4.78 is 5.37. The lowest BCUT2D eigenvalue weighted by molar-refractivity contribution is -0.136. The van der Waals surface area contributed by atoms with Gasteiger partial charge in [0.25, 0.3) is 5.91 Å². The zero-order valence-electron chi connectivity index (χ0n) is 11.3. The van der Waals surface area contributed by atoms with Gasteiger partial charge in [0.2, 0.25) is 0 Å². The van der Waals surface area contributed by atoms with Crippen LogP contribution in [0.15, 0.2) is 24.3 Å². The number of benzene rings is 1. The van der Waals surface area contributed by atoms with Crippen molar-refractivity contribution in [2.45, 2.75) is 20.3 Å². The van der Waals surface area contributed by atoms with Crippen LogP contribution in [0.2, 0.25) is 0 Å². The van der Waals surface area contributed by atoms with E-state index in [1.54, 1.807) is 29.2 Å². The van der Waals surface area contributed by atoms with Gasteiger partial charge in [0.05, 0.1) is 6.42 Å². The minimum atomic E-state index is -0.870. The van der Waals surface area contributed by atoms with Gasteiger partial charge >= 0.3 is 5.97 Å². The molecule has 0 saturated carbocycles. The van der Waals surface area contributed by atoms with Crippen molar-refractivity contribution in [2.75, 3.05) is 19.7 Å². The number of carboxylic acid groups (broad SMARTS) is 1. The van der Waals surface area contributed by atoms with E-state index in [2.05, 4.69) is 0 Å². The van der Waals surface area contributed by atoms with Gasteiger partial charge in [-0.1, -0.05) is 12.1 Å². The number of carbonyl (C=O) groups excluding carboxylic acids is 1. The Labute approximate surface area is 112 Å². The first-order valence-electron chi connectivity index (χ1n) is 6.28. The number of carboxylic acids is 1. The maximum atomic E-state index is 11.7. The Morgan fingerprint density at radius 3 is 2.21 bits per heavy atom. The van der Waals surface area contributed by atoms with E-state index in [0.29, 0.717) is 24.4 Å². The Morgan fingerprint density at radius 1 is 1.16 bits per heavy atom. The molecule has 0 aliphatic carbocycles. The number of hydrogen-bond donors (Lipinski definition) is 1. The number of rotatable bonds is 7. The van der Waals surface area contributed by atoms with Gasteiger partial charge in [-0.2, -0.15) is 0 Å². The van der Waals surface area contributed by atoms with E-state index in [4.69, 9.17) is 9.84 Å². The largest absolute Gasteiger partial charge is 0.484 e. The van der Waals surface area contributed by atoms with Crippen LogP contribution in [0.4, 0.5) is 0 Å². The summed E-state index contributed by atoms with van der Waals surface area (Å²) in [5.41, 5.74) is 0.704. The number of ether oxygens (including phenoxy) is 1. The van der Waals surface area contributed by atoms with Crippen LogP contribution in [-0.4, -0.2) is 41.6 Å². The van der Waals surface area contributed by atoms with Gasteiger partial charge in [-0.25, -0.2) is 0 Å². The molecule has 0 fully saturated rings. The van der Waals surface area contributed by atoms with Gasteiger partial charge in [0, 0.05) is 13.1 Å². The Hall–Kier alpha value is -2.04. The van der Waals surface area contributed by atoms with E-state index in [1.165, 1.54) is 0 Å². The third-order valence-corrected chi connectivity index (χ3v) is 2.76. The van der Waals surface area contributed by atoms with Crippen molar-refractivity contribution in [3.63, 3.8) is 0 Å². The third-order valence-electron chi connectivity index (χ3n) is 2.76.